The van der Waals surface area contributed by atoms with Gasteiger partial charge in [-0.1, -0.05) is 69.9 Å². The zero-order valence-corrected chi connectivity index (χ0v) is 23.8. The van der Waals surface area contributed by atoms with Gasteiger partial charge >= 0.3 is 0 Å². The molecule has 6 heteroatoms. The number of β-amino-alcohol motifs (C(OH)–C–C–N with tert-alkyl or cyclic N) is 1. The van der Waals surface area contributed by atoms with Gasteiger partial charge in [0, 0.05) is 24.5 Å². The summed E-state index contributed by atoms with van der Waals surface area (Å²) in [5.41, 5.74) is 0.784. The standard InChI is InChI=1S/C31H51N3O3/c1-6-13-23(7-2)29(36)32-26(18-22-14-9-8-10-15-22)28(35)21-34-20-25-17-12-11-16-24(25)19-27(34)30(37)33-31(3,4)5/h8-10,14-15,23-28,35H,6-7,11-13,16-21H2,1-5H3,(H,32,36)(H,33,37). The molecule has 6 nitrogen and oxygen atoms in total. The fourth-order valence-electron chi connectivity index (χ4n) is 6.32. The van der Waals surface area contributed by atoms with E-state index in [1.54, 1.807) is 0 Å². The van der Waals surface area contributed by atoms with Crippen LogP contribution in [0.4, 0.5) is 0 Å². The van der Waals surface area contributed by atoms with E-state index < -0.39 is 12.1 Å². The summed E-state index contributed by atoms with van der Waals surface area (Å²) >= 11 is 0. The zero-order chi connectivity index (χ0) is 27.0. The number of piperidine rings is 1. The van der Waals surface area contributed by atoms with Crippen LogP contribution in [0.25, 0.3) is 0 Å². The number of nitrogens with zero attached hydrogens (tertiary/aromatic N) is 1. The third-order valence-electron chi connectivity index (χ3n) is 8.32. The summed E-state index contributed by atoms with van der Waals surface area (Å²) in [6.07, 6.45) is 8.13. The Morgan fingerprint density at radius 2 is 1.76 bits per heavy atom. The van der Waals surface area contributed by atoms with Crippen molar-refractivity contribution in [1.82, 2.24) is 15.5 Å². The van der Waals surface area contributed by atoms with E-state index in [9.17, 15) is 14.7 Å². The summed E-state index contributed by atoms with van der Waals surface area (Å²) < 4.78 is 0. The number of fused-ring (bicyclic) bond motifs is 1. The van der Waals surface area contributed by atoms with Crippen molar-refractivity contribution in [3.05, 3.63) is 35.9 Å². The van der Waals surface area contributed by atoms with Crippen molar-refractivity contribution in [3.8, 4) is 0 Å². The molecular formula is C31H51N3O3. The van der Waals surface area contributed by atoms with Gasteiger partial charge < -0.3 is 15.7 Å². The summed E-state index contributed by atoms with van der Waals surface area (Å²) in [5, 5.41) is 18.0. The smallest absolute Gasteiger partial charge is 0.237 e. The second-order valence-electron chi connectivity index (χ2n) is 12.5. The SMILES string of the molecule is CCCC(CC)C(=O)NC(Cc1ccccc1)C(O)CN1CC2CCCCC2CC1C(=O)NC(C)(C)C. The molecule has 1 aliphatic carbocycles. The molecule has 0 radical (unpaired) electrons. The number of aliphatic hydroxyl groups excluding tert-OH is 1. The average molecular weight is 514 g/mol. The highest BCUT2D eigenvalue weighted by molar-refractivity contribution is 5.82. The topological polar surface area (TPSA) is 81.7 Å². The molecule has 2 aliphatic rings. The van der Waals surface area contributed by atoms with Crippen LogP contribution >= 0.6 is 0 Å². The second-order valence-corrected chi connectivity index (χ2v) is 12.5. The molecular weight excluding hydrogens is 462 g/mol. The largest absolute Gasteiger partial charge is 0.390 e. The van der Waals surface area contributed by atoms with Crippen LogP contribution in [-0.4, -0.2) is 58.6 Å². The molecule has 3 rings (SSSR count). The lowest BCUT2D eigenvalue weighted by Crippen LogP contribution is -2.60. The van der Waals surface area contributed by atoms with E-state index in [1.165, 1.54) is 25.7 Å². The molecule has 1 heterocycles. The van der Waals surface area contributed by atoms with Crippen molar-refractivity contribution in [1.29, 1.82) is 0 Å². The summed E-state index contributed by atoms with van der Waals surface area (Å²) in [7, 11) is 0. The van der Waals surface area contributed by atoms with Crippen molar-refractivity contribution in [2.75, 3.05) is 13.1 Å². The average Bonchev–Trinajstić information content (AvgIpc) is 2.85. The van der Waals surface area contributed by atoms with Crippen molar-refractivity contribution >= 4 is 11.8 Å². The lowest BCUT2D eigenvalue weighted by Gasteiger charge is -2.47. The Morgan fingerprint density at radius 1 is 1.08 bits per heavy atom. The first-order valence-corrected chi connectivity index (χ1v) is 14.7. The van der Waals surface area contributed by atoms with Gasteiger partial charge in [0.15, 0.2) is 0 Å². The quantitative estimate of drug-likeness (QED) is 0.401. The predicted molar refractivity (Wildman–Crippen MR) is 150 cm³/mol. The molecule has 1 saturated heterocycles. The second kappa shape index (κ2) is 13.7. The summed E-state index contributed by atoms with van der Waals surface area (Å²) in [5.74, 6) is 1.20. The van der Waals surface area contributed by atoms with E-state index >= 15 is 0 Å². The molecule has 0 bridgehead atoms. The monoisotopic (exact) mass is 513 g/mol. The van der Waals surface area contributed by atoms with Crippen molar-refractivity contribution in [2.45, 2.75) is 116 Å². The fraction of sp³-hybridized carbons (Fsp3) is 0.742. The Labute approximate surface area is 225 Å². The number of benzene rings is 1. The van der Waals surface area contributed by atoms with Gasteiger partial charge in [0.1, 0.15) is 0 Å². The molecule has 1 aromatic carbocycles. The van der Waals surface area contributed by atoms with Crippen LogP contribution < -0.4 is 10.6 Å². The van der Waals surface area contributed by atoms with Crippen LogP contribution in [0.2, 0.25) is 0 Å². The van der Waals surface area contributed by atoms with Crippen LogP contribution in [0, 0.1) is 17.8 Å². The highest BCUT2D eigenvalue weighted by atomic mass is 16.3. The van der Waals surface area contributed by atoms with Crippen molar-refractivity contribution in [3.63, 3.8) is 0 Å². The number of nitrogens with one attached hydrogen (secondary N) is 2. The maximum Gasteiger partial charge on any atom is 0.237 e. The molecule has 1 aromatic rings. The molecule has 1 saturated carbocycles. The Hall–Kier alpha value is -1.92. The highest BCUT2D eigenvalue weighted by Gasteiger charge is 2.41. The van der Waals surface area contributed by atoms with E-state index in [4.69, 9.17) is 0 Å². The van der Waals surface area contributed by atoms with E-state index in [-0.39, 0.29) is 29.3 Å². The molecule has 2 fully saturated rings. The van der Waals surface area contributed by atoms with E-state index in [1.807, 2.05) is 51.1 Å². The van der Waals surface area contributed by atoms with Crippen LogP contribution in [-0.2, 0) is 16.0 Å². The lowest BCUT2D eigenvalue weighted by atomic mass is 9.72. The maximum atomic E-state index is 13.4. The Bertz CT molecular complexity index is 853. The van der Waals surface area contributed by atoms with Gasteiger partial charge in [-0.2, -0.15) is 0 Å². The number of amides is 2. The number of hydrogen-bond acceptors (Lipinski definition) is 4. The molecule has 3 N–H and O–H groups in total. The molecule has 37 heavy (non-hydrogen) atoms. The van der Waals surface area contributed by atoms with Gasteiger partial charge in [-0.05, 0) is 70.3 Å². The number of hydrogen-bond donors (Lipinski definition) is 3. The van der Waals surface area contributed by atoms with Gasteiger partial charge in [0.25, 0.3) is 0 Å². The minimum atomic E-state index is -0.770. The van der Waals surface area contributed by atoms with Gasteiger partial charge in [0.05, 0.1) is 18.2 Å². The predicted octanol–water partition coefficient (Wildman–Crippen LogP) is 4.70. The normalized spacial score (nSPS) is 25.0. The van der Waals surface area contributed by atoms with Crippen molar-refractivity contribution < 1.29 is 14.7 Å². The first kappa shape index (κ1) is 29.6. The number of aliphatic hydroxyl groups is 1. The van der Waals surface area contributed by atoms with Gasteiger partial charge in [-0.25, -0.2) is 0 Å². The molecule has 6 unspecified atom stereocenters. The fourth-order valence-corrected chi connectivity index (χ4v) is 6.32. The van der Waals surface area contributed by atoms with Crippen molar-refractivity contribution in [2.24, 2.45) is 17.8 Å². The van der Waals surface area contributed by atoms with E-state index in [2.05, 4.69) is 29.4 Å². The van der Waals surface area contributed by atoms with Gasteiger partial charge in [-0.15, -0.1) is 0 Å². The third-order valence-corrected chi connectivity index (χ3v) is 8.32. The van der Waals surface area contributed by atoms with Crippen LogP contribution in [0.3, 0.4) is 0 Å². The molecule has 0 aromatic heterocycles. The number of rotatable bonds is 11. The molecule has 208 valence electrons. The lowest BCUT2D eigenvalue weighted by molar-refractivity contribution is -0.133. The summed E-state index contributed by atoms with van der Waals surface area (Å²) in [6.45, 7) is 11.4. The molecule has 2 amide bonds. The highest BCUT2D eigenvalue weighted by Crippen LogP contribution is 2.39. The third kappa shape index (κ3) is 8.81. The number of likely N-dealkylation sites (tertiary alicyclic amines) is 1. The summed E-state index contributed by atoms with van der Waals surface area (Å²) in [4.78, 5) is 28.8. The minimum absolute atomic E-state index is 0.0253. The Kier molecular flexibility index (Phi) is 11.0. The van der Waals surface area contributed by atoms with Gasteiger partial charge in [0.2, 0.25) is 11.8 Å². The summed E-state index contributed by atoms with van der Waals surface area (Å²) in [6, 6.07) is 9.40. The van der Waals surface area contributed by atoms with Gasteiger partial charge in [-0.3, -0.25) is 14.5 Å². The van der Waals surface area contributed by atoms with E-state index in [0.717, 1.165) is 37.8 Å². The first-order chi connectivity index (χ1) is 17.6. The molecule has 0 spiro atoms. The van der Waals surface area contributed by atoms with Crippen LogP contribution in [0.1, 0.15) is 91.5 Å². The Morgan fingerprint density at radius 3 is 2.38 bits per heavy atom. The van der Waals surface area contributed by atoms with E-state index in [0.29, 0.717) is 24.8 Å². The van der Waals surface area contributed by atoms with Crippen LogP contribution in [0.15, 0.2) is 30.3 Å². The zero-order valence-electron chi connectivity index (χ0n) is 23.8. The maximum absolute atomic E-state index is 13.4. The first-order valence-electron chi connectivity index (χ1n) is 14.7. The molecule has 6 atom stereocenters. The Balaban J connectivity index is 1.79. The minimum Gasteiger partial charge on any atom is -0.390 e. The number of carbonyl (C=O) groups excluding carboxylic acids is 2. The number of carbonyl (C=O) groups is 2. The molecule has 1 aliphatic heterocycles. The van der Waals surface area contributed by atoms with Crippen LogP contribution in [0.5, 0.6) is 0 Å².